The van der Waals surface area contributed by atoms with E-state index in [1.807, 2.05) is 0 Å². The summed E-state index contributed by atoms with van der Waals surface area (Å²) in [6.07, 6.45) is -3.34. The van der Waals surface area contributed by atoms with Crippen LogP contribution in [0.1, 0.15) is 12.8 Å². The van der Waals surface area contributed by atoms with Crippen LogP contribution in [0.5, 0.6) is 0 Å². The lowest BCUT2D eigenvalue weighted by Crippen LogP contribution is -2.44. The molecule has 2 atom stereocenters. The van der Waals surface area contributed by atoms with Crippen LogP contribution in [-0.4, -0.2) is 41.4 Å². The van der Waals surface area contributed by atoms with Gasteiger partial charge in [0, 0.05) is 25.9 Å². The largest absolute Gasteiger partial charge is 0.390 e. The molecule has 5 heteroatoms. The molecule has 1 rings (SSSR count). The number of aliphatic hydroxyl groups excluding tert-OH is 2. The summed E-state index contributed by atoms with van der Waals surface area (Å²) in [5.74, 6) is -2.87. The number of halogens is 2. The molecule has 1 fully saturated rings. The van der Waals surface area contributed by atoms with Crippen molar-refractivity contribution in [1.29, 1.82) is 0 Å². The summed E-state index contributed by atoms with van der Waals surface area (Å²) in [5.41, 5.74) is 0. The van der Waals surface area contributed by atoms with Crippen LogP contribution in [0.4, 0.5) is 8.78 Å². The summed E-state index contributed by atoms with van der Waals surface area (Å²) >= 11 is 0. The van der Waals surface area contributed by atoms with Gasteiger partial charge in [-0.1, -0.05) is 0 Å². The van der Waals surface area contributed by atoms with Gasteiger partial charge < -0.3 is 15.5 Å². The van der Waals surface area contributed by atoms with E-state index in [2.05, 4.69) is 5.32 Å². The zero-order chi connectivity index (χ0) is 9.19. The van der Waals surface area contributed by atoms with Crippen LogP contribution in [-0.2, 0) is 0 Å². The monoisotopic (exact) mass is 181 g/mol. The zero-order valence-corrected chi connectivity index (χ0v) is 6.63. The van der Waals surface area contributed by atoms with Crippen molar-refractivity contribution in [2.24, 2.45) is 0 Å². The smallest absolute Gasteiger partial charge is 0.251 e. The van der Waals surface area contributed by atoms with Gasteiger partial charge in [-0.25, -0.2) is 8.78 Å². The molecule has 1 heterocycles. The van der Waals surface area contributed by atoms with Gasteiger partial charge in [0.2, 0.25) is 0 Å². The molecule has 0 spiro atoms. The highest BCUT2D eigenvalue weighted by molar-refractivity contribution is 4.81. The third-order valence-corrected chi connectivity index (χ3v) is 1.97. The average Bonchev–Trinajstić information content (AvgIpc) is 1.95. The van der Waals surface area contributed by atoms with Gasteiger partial charge in [-0.2, -0.15) is 0 Å². The topological polar surface area (TPSA) is 52.5 Å². The Morgan fingerprint density at radius 2 is 1.92 bits per heavy atom. The van der Waals surface area contributed by atoms with Crippen molar-refractivity contribution in [1.82, 2.24) is 5.32 Å². The molecule has 1 saturated heterocycles. The lowest BCUT2D eigenvalue weighted by Gasteiger charge is -2.26. The fourth-order valence-electron chi connectivity index (χ4n) is 1.20. The van der Waals surface area contributed by atoms with E-state index in [4.69, 9.17) is 10.2 Å². The number of β-amino-alcohol motifs (C(OH)–C–C–N with tert-alkyl or cyclic N) is 1. The van der Waals surface area contributed by atoms with Gasteiger partial charge in [0.1, 0.15) is 0 Å². The van der Waals surface area contributed by atoms with Crippen LogP contribution in [0.15, 0.2) is 0 Å². The highest BCUT2D eigenvalue weighted by atomic mass is 19.3. The van der Waals surface area contributed by atoms with Crippen molar-refractivity contribution in [2.75, 3.05) is 13.1 Å². The first-order valence-corrected chi connectivity index (χ1v) is 3.96. The Hall–Kier alpha value is -0.260. The molecule has 0 aliphatic carbocycles. The molecule has 72 valence electrons. The molecule has 0 amide bonds. The zero-order valence-electron chi connectivity index (χ0n) is 6.63. The first kappa shape index (κ1) is 9.83. The van der Waals surface area contributed by atoms with Gasteiger partial charge in [0.05, 0.1) is 12.2 Å². The SMILES string of the molecule is O[C@@H]1CNCCC(F)(F)C[C@H]1O. The van der Waals surface area contributed by atoms with Crippen molar-refractivity contribution in [3.63, 3.8) is 0 Å². The maximum atomic E-state index is 12.8. The van der Waals surface area contributed by atoms with E-state index in [-0.39, 0.29) is 19.5 Å². The molecule has 0 aromatic rings. The molecule has 0 aromatic heterocycles. The fraction of sp³-hybridized carbons (Fsp3) is 1.00. The van der Waals surface area contributed by atoms with Crippen molar-refractivity contribution in [3.05, 3.63) is 0 Å². The molecule has 1 aliphatic heterocycles. The minimum absolute atomic E-state index is 0.177. The van der Waals surface area contributed by atoms with Gasteiger partial charge in [-0.15, -0.1) is 0 Å². The molecular weight excluding hydrogens is 168 g/mol. The summed E-state index contributed by atoms with van der Waals surface area (Å²) in [6, 6.07) is 0. The van der Waals surface area contributed by atoms with E-state index in [9.17, 15) is 8.78 Å². The van der Waals surface area contributed by atoms with Crippen LogP contribution >= 0.6 is 0 Å². The Morgan fingerprint density at radius 1 is 1.25 bits per heavy atom. The van der Waals surface area contributed by atoms with Crippen molar-refractivity contribution in [3.8, 4) is 0 Å². The van der Waals surface area contributed by atoms with Crippen molar-refractivity contribution in [2.45, 2.75) is 31.0 Å². The predicted octanol–water partition coefficient (Wildman–Crippen LogP) is -0.273. The van der Waals surface area contributed by atoms with Gasteiger partial charge in [-0.3, -0.25) is 0 Å². The fourth-order valence-corrected chi connectivity index (χ4v) is 1.20. The highest BCUT2D eigenvalue weighted by Crippen LogP contribution is 2.26. The Morgan fingerprint density at radius 3 is 2.58 bits per heavy atom. The maximum absolute atomic E-state index is 12.8. The number of nitrogens with one attached hydrogen (secondary N) is 1. The Bertz CT molecular complexity index is 154. The summed E-state index contributed by atoms with van der Waals surface area (Å²) in [6.45, 7) is 0.355. The molecule has 0 unspecified atom stereocenters. The first-order chi connectivity index (χ1) is 5.51. The molecule has 12 heavy (non-hydrogen) atoms. The van der Waals surface area contributed by atoms with Crippen LogP contribution < -0.4 is 5.32 Å². The molecule has 3 N–H and O–H groups in total. The van der Waals surface area contributed by atoms with E-state index in [1.165, 1.54) is 0 Å². The van der Waals surface area contributed by atoms with E-state index in [1.54, 1.807) is 0 Å². The minimum atomic E-state index is -2.87. The Kier molecular flexibility index (Phi) is 2.98. The van der Waals surface area contributed by atoms with Crippen molar-refractivity contribution >= 4 is 0 Å². The molecule has 0 aromatic carbocycles. The van der Waals surface area contributed by atoms with Gasteiger partial charge in [0.15, 0.2) is 0 Å². The second kappa shape index (κ2) is 3.64. The number of aliphatic hydroxyl groups is 2. The van der Waals surface area contributed by atoms with Crippen LogP contribution in [0.3, 0.4) is 0 Å². The third-order valence-electron chi connectivity index (χ3n) is 1.97. The average molecular weight is 181 g/mol. The standard InChI is InChI=1S/C7H13F2NO2/c8-7(9)1-2-10-4-6(12)5(11)3-7/h5-6,10-12H,1-4H2/t5-,6-/m1/s1. The molecular formula is C7H13F2NO2. The van der Waals surface area contributed by atoms with E-state index in [0.29, 0.717) is 0 Å². The predicted molar refractivity (Wildman–Crippen MR) is 39.1 cm³/mol. The quantitative estimate of drug-likeness (QED) is 0.482. The van der Waals surface area contributed by atoms with Crippen molar-refractivity contribution < 1.29 is 19.0 Å². The minimum Gasteiger partial charge on any atom is -0.390 e. The van der Waals surface area contributed by atoms with Gasteiger partial charge >= 0.3 is 0 Å². The summed E-state index contributed by atoms with van der Waals surface area (Å²) < 4.78 is 25.5. The number of rotatable bonds is 0. The lowest BCUT2D eigenvalue weighted by atomic mass is 10.0. The van der Waals surface area contributed by atoms with Crippen LogP contribution in [0.2, 0.25) is 0 Å². The lowest BCUT2D eigenvalue weighted by molar-refractivity contribution is -0.0886. The third kappa shape index (κ3) is 2.66. The normalized spacial score (nSPS) is 37.0. The summed E-state index contributed by atoms with van der Waals surface area (Å²) in [7, 11) is 0. The molecule has 1 aliphatic rings. The van der Waals surface area contributed by atoms with Gasteiger partial charge in [-0.05, 0) is 0 Å². The number of alkyl halides is 2. The van der Waals surface area contributed by atoms with E-state index < -0.39 is 24.6 Å². The van der Waals surface area contributed by atoms with E-state index >= 15 is 0 Å². The van der Waals surface area contributed by atoms with Crippen LogP contribution in [0.25, 0.3) is 0 Å². The maximum Gasteiger partial charge on any atom is 0.251 e. The summed E-state index contributed by atoms with van der Waals surface area (Å²) in [5, 5.41) is 20.8. The molecule has 3 nitrogen and oxygen atoms in total. The molecule has 0 saturated carbocycles. The Labute approximate surface area is 69.4 Å². The second-order valence-corrected chi connectivity index (χ2v) is 3.15. The first-order valence-electron chi connectivity index (χ1n) is 3.96. The molecule has 0 radical (unpaired) electrons. The summed E-state index contributed by atoms with van der Waals surface area (Å²) in [4.78, 5) is 0. The highest BCUT2D eigenvalue weighted by Gasteiger charge is 2.35. The van der Waals surface area contributed by atoms with E-state index in [0.717, 1.165) is 0 Å². The number of hydrogen-bond donors (Lipinski definition) is 3. The second-order valence-electron chi connectivity index (χ2n) is 3.15. The van der Waals surface area contributed by atoms with Crippen LogP contribution in [0, 0.1) is 0 Å². The molecule has 0 bridgehead atoms. The van der Waals surface area contributed by atoms with Gasteiger partial charge in [0.25, 0.3) is 5.92 Å². The Balaban J connectivity index is 2.53. The number of hydrogen-bond acceptors (Lipinski definition) is 3.